The van der Waals surface area contributed by atoms with Crippen molar-refractivity contribution < 1.29 is 17.9 Å². The highest BCUT2D eigenvalue weighted by atomic mass is 32.2. The summed E-state index contributed by atoms with van der Waals surface area (Å²) in [6.07, 6.45) is 0. The number of aryl methyl sites for hydroxylation is 1. The average molecular weight is 396 g/mol. The zero-order valence-corrected chi connectivity index (χ0v) is 16.8. The Morgan fingerprint density at radius 2 is 1.50 bits per heavy atom. The molecule has 3 aromatic rings. The molecular formula is C22H23N2O3S+. The molecule has 0 bridgehead atoms. The van der Waals surface area contributed by atoms with Crippen LogP contribution < -0.4 is 9.71 Å². The van der Waals surface area contributed by atoms with Crippen molar-refractivity contribution >= 4 is 21.5 Å². The van der Waals surface area contributed by atoms with Crippen LogP contribution in [0.4, 0.5) is 5.69 Å². The van der Waals surface area contributed by atoms with E-state index < -0.39 is 10.0 Å². The number of hydrogen-bond acceptors (Lipinski definition) is 3. The third-order valence-corrected chi connectivity index (χ3v) is 6.01. The lowest BCUT2D eigenvalue weighted by Gasteiger charge is -2.10. The van der Waals surface area contributed by atoms with Gasteiger partial charge in [-0.1, -0.05) is 35.9 Å². The van der Waals surface area contributed by atoms with Gasteiger partial charge in [0.2, 0.25) is 0 Å². The molecule has 0 fully saturated rings. The van der Waals surface area contributed by atoms with Crippen molar-refractivity contribution in [2.45, 2.75) is 25.7 Å². The first-order valence-corrected chi connectivity index (χ1v) is 10.3. The fourth-order valence-corrected chi connectivity index (χ4v) is 3.80. The Balaban J connectivity index is 2.09. The van der Waals surface area contributed by atoms with Gasteiger partial charge >= 0.3 is 10.0 Å². The molecule has 5 nitrogen and oxygen atoms in total. The number of anilines is 1. The van der Waals surface area contributed by atoms with Crippen molar-refractivity contribution in [3.63, 3.8) is 0 Å². The van der Waals surface area contributed by atoms with E-state index in [0.29, 0.717) is 17.1 Å². The molecule has 28 heavy (non-hydrogen) atoms. The largest absolute Gasteiger partial charge is 0.508 e. The summed E-state index contributed by atoms with van der Waals surface area (Å²) in [5.41, 5.74) is 3.96. The van der Waals surface area contributed by atoms with Crippen LogP contribution in [-0.2, 0) is 10.0 Å². The van der Waals surface area contributed by atoms with Gasteiger partial charge in [0, 0.05) is 5.56 Å². The summed E-state index contributed by atoms with van der Waals surface area (Å²) in [6.45, 7) is 5.59. The summed E-state index contributed by atoms with van der Waals surface area (Å²) in [5, 5.41) is 13.1. The van der Waals surface area contributed by atoms with Crippen molar-refractivity contribution in [3.8, 4) is 5.75 Å². The summed E-state index contributed by atoms with van der Waals surface area (Å²) < 4.78 is 28.5. The molecule has 0 aliphatic rings. The van der Waals surface area contributed by atoms with Crippen LogP contribution >= 0.6 is 0 Å². The predicted octanol–water partition coefficient (Wildman–Crippen LogP) is 2.65. The Morgan fingerprint density at radius 3 is 2.14 bits per heavy atom. The maximum atomic E-state index is 12.9. The molecule has 0 aliphatic heterocycles. The van der Waals surface area contributed by atoms with E-state index in [1.54, 1.807) is 36.4 Å². The smallest absolute Gasteiger partial charge is 0.328 e. The van der Waals surface area contributed by atoms with E-state index >= 15 is 0 Å². The van der Waals surface area contributed by atoms with Crippen molar-refractivity contribution in [1.29, 1.82) is 0 Å². The minimum absolute atomic E-state index is 0.187. The molecule has 144 valence electrons. The van der Waals surface area contributed by atoms with E-state index in [-0.39, 0.29) is 10.6 Å². The van der Waals surface area contributed by atoms with Crippen LogP contribution in [-0.4, -0.2) is 19.4 Å². The molecule has 0 heterocycles. The lowest BCUT2D eigenvalue weighted by Crippen LogP contribution is -2.78. The quantitative estimate of drug-likeness (QED) is 0.360. The van der Waals surface area contributed by atoms with Crippen LogP contribution in [0.15, 0.2) is 71.6 Å². The Kier molecular flexibility index (Phi) is 5.51. The van der Waals surface area contributed by atoms with E-state index in [1.165, 1.54) is 0 Å². The van der Waals surface area contributed by atoms with Crippen LogP contribution in [0.25, 0.3) is 0 Å². The third kappa shape index (κ3) is 4.23. The number of phenolic OH excluding ortho intramolecular Hbond substituents is 1. The molecule has 0 atom stereocenters. The second kappa shape index (κ2) is 7.86. The Bertz CT molecular complexity index is 1120. The normalized spacial score (nSPS) is 12.0. The van der Waals surface area contributed by atoms with Crippen LogP contribution in [0, 0.1) is 20.8 Å². The molecule has 0 aromatic heterocycles. The van der Waals surface area contributed by atoms with E-state index in [1.807, 2.05) is 51.1 Å². The van der Waals surface area contributed by atoms with Gasteiger partial charge in [-0.3, -0.25) is 0 Å². The first kappa shape index (κ1) is 19.6. The van der Waals surface area contributed by atoms with E-state index in [9.17, 15) is 13.5 Å². The van der Waals surface area contributed by atoms with Crippen LogP contribution in [0.5, 0.6) is 5.75 Å². The van der Waals surface area contributed by atoms with Gasteiger partial charge in [0.05, 0.1) is 5.56 Å². The summed E-state index contributed by atoms with van der Waals surface area (Å²) in [5.74, 6) is 0.541. The highest BCUT2D eigenvalue weighted by Crippen LogP contribution is 2.26. The van der Waals surface area contributed by atoms with E-state index in [4.69, 9.17) is 0 Å². The first-order chi connectivity index (χ1) is 13.3. The number of benzene rings is 3. The maximum absolute atomic E-state index is 12.9. The van der Waals surface area contributed by atoms with Gasteiger partial charge in [-0.15, -0.1) is 0 Å². The SMILES string of the molecule is Cc1ccc(S(=O)(=O)[NH+]=C(Nc2ccc(O)c(C)c2C)c2ccccc2)cc1. The molecule has 3 rings (SSSR count). The number of hydrogen-bond donors (Lipinski definition) is 3. The number of amidine groups is 1. The molecule has 3 N–H and O–H groups in total. The molecule has 6 heteroatoms. The first-order valence-electron chi connectivity index (χ1n) is 8.86. The van der Waals surface area contributed by atoms with Gasteiger partial charge in [-0.25, -0.2) is 5.32 Å². The second-order valence-electron chi connectivity index (χ2n) is 6.67. The number of nitrogens with one attached hydrogen (secondary N) is 2. The van der Waals surface area contributed by atoms with Crippen molar-refractivity contribution in [2.24, 2.45) is 0 Å². The summed E-state index contributed by atoms with van der Waals surface area (Å²) >= 11 is 0. The Labute approximate surface area is 165 Å². The van der Waals surface area contributed by atoms with Crippen LogP contribution in [0.2, 0.25) is 0 Å². The average Bonchev–Trinajstić information content (AvgIpc) is 2.68. The topological polar surface area (TPSA) is 80.4 Å². The predicted molar refractivity (Wildman–Crippen MR) is 111 cm³/mol. The zero-order chi connectivity index (χ0) is 20.3. The van der Waals surface area contributed by atoms with Gasteiger partial charge in [0.1, 0.15) is 16.3 Å². The van der Waals surface area contributed by atoms with Crippen LogP contribution in [0.3, 0.4) is 0 Å². The second-order valence-corrected chi connectivity index (χ2v) is 8.35. The van der Waals surface area contributed by atoms with Gasteiger partial charge in [0.25, 0.3) is 5.84 Å². The molecule has 0 aliphatic carbocycles. The highest BCUT2D eigenvalue weighted by molar-refractivity contribution is 7.84. The van der Waals surface area contributed by atoms with Gasteiger partial charge in [-0.05, 0) is 62.7 Å². The summed E-state index contributed by atoms with van der Waals surface area (Å²) in [7, 11) is -3.77. The minimum Gasteiger partial charge on any atom is -0.508 e. The molecule has 0 saturated carbocycles. The number of rotatable bonds is 4. The molecule has 0 spiro atoms. The highest BCUT2D eigenvalue weighted by Gasteiger charge is 2.21. The molecule has 0 unspecified atom stereocenters. The summed E-state index contributed by atoms with van der Waals surface area (Å²) in [6, 6.07) is 19.2. The lowest BCUT2D eigenvalue weighted by molar-refractivity contribution is -0.266. The standard InChI is InChI=1S/C22H22N2O3S/c1-15-9-11-19(12-10-15)28(26,27)24-22(18-7-5-4-6-8-18)23-20-13-14-21(25)17(3)16(20)2/h4-14,25H,1-3H3,(H,23,24)/p+1. The monoisotopic (exact) mass is 395 g/mol. The van der Waals surface area contributed by atoms with Gasteiger partial charge in [0.15, 0.2) is 0 Å². The fraction of sp³-hybridized carbons (Fsp3) is 0.136. The molecule has 0 saturated heterocycles. The van der Waals surface area contributed by atoms with Gasteiger partial charge in [-0.2, -0.15) is 12.8 Å². The number of aromatic hydroxyl groups is 1. The maximum Gasteiger partial charge on any atom is 0.328 e. The third-order valence-electron chi connectivity index (χ3n) is 4.65. The van der Waals surface area contributed by atoms with E-state index in [2.05, 4.69) is 9.71 Å². The lowest BCUT2D eigenvalue weighted by atomic mass is 10.1. The van der Waals surface area contributed by atoms with Crippen molar-refractivity contribution in [3.05, 3.63) is 89.0 Å². The Morgan fingerprint density at radius 1 is 0.857 bits per heavy atom. The zero-order valence-electron chi connectivity index (χ0n) is 16.0. The van der Waals surface area contributed by atoms with Crippen LogP contribution in [0.1, 0.15) is 22.3 Å². The van der Waals surface area contributed by atoms with Crippen molar-refractivity contribution in [1.82, 2.24) is 0 Å². The number of phenols is 1. The molecule has 0 radical (unpaired) electrons. The fourth-order valence-electron chi connectivity index (χ4n) is 2.75. The van der Waals surface area contributed by atoms with Gasteiger partial charge < -0.3 is 5.11 Å². The van der Waals surface area contributed by atoms with Crippen molar-refractivity contribution in [2.75, 3.05) is 5.32 Å². The Hall–Kier alpha value is -3.12. The molecule has 0 amide bonds. The molecular weight excluding hydrogens is 372 g/mol. The minimum atomic E-state index is -3.77. The number of sulfonamides is 1. The summed E-state index contributed by atoms with van der Waals surface area (Å²) in [4.78, 5) is 0.187. The molecule has 3 aromatic carbocycles. The van der Waals surface area contributed by atoms with E-state index in [0.717, 1.165) is 16.7 Å².